The molecule has 1 aromatic carbocycles. The smallest absolute Gasteiger partial charge is 0.453 e. The molecule has 0 saturated carbocycles. The van der Waals surface area contributed by atoms with Gasteiger partial charge in [-0.05, 0) is 30.2 Å². The fraction of sp³-hybridized carbons (Fsp3) is 0.312. The van der Waals surface area contributed by atoms with E-state index in [-0.39, 0.29) is 11.6 Å². The first-order valence-corrected chi connectivity index (χ1v) is 7.75. The molecule has 1 N–H and O–H groups in total. The Morgan fingerprint density at radius 2 is 2.00 bits per heavy atom. The lowest BCUT2D eigenvalue weighted by atomic mass is 9.97. The lowest BCUT2D eigenvalue weighted by Crippen LogP contribution is -2.27. The second-order valence-electron chi connectivity index (χ2n) is 5.88. The number of fused-ring (bicyclic) bond motifs is 2. The van der Waals surface area contributed by atoms with Gasteiger partial charge in [0.1, 0.15) is 11.6 Å². The third-order valence-corrected chi connectivity index (χ3v) is 4.04. The second-order valence-corrected chi connectivity index (χ2v) is 5.88. The summed E-state index contributed by atoms with van der Waals surface area (Å²) in [5.41, 5.74) is 1.18. The van der Waals surface area contributed by atoms with Crippen LogP contribution in [0, 0.1) is 5.92 Å². The Kier molecular flexibility index (Phi) is 3.70. The van der Waals surface area contributed by atoms with Crippen molar-refractivity contribution in [3.05, 3.63) is 47.8 Å². The number of rotatable bonds is 3. The van der Waals surface area contributed by atoms with Crippen LogP contribution >= 0.6 is 0 Å². The summed E-state index contributed by atoms with van der Waals surface area (Å²) in [6.45, 7) is 1.09. The van der Waals surface area contributed by atoms with Gasteiger partial charge in [0.15, 0.2) is 5.65 Å². The summed E-state index contributed by atoms with van der Waals surface area (Å²) < 4.78 is 45.1. The molecule has 2 aromatic heterocycles. The number of alkyl halides is 3. The molecule has 0 saturated heterocycles. The molecular formula is C16H14F3N5O. The highest BCUT2D eigenvalue weighted by Gasteiger charge is 2.37. The summed E-state index contributed by atoms with van der Waals surface area (Å²) in [6.07, 6.45) is -3.77. The predicted octanol–water partition coefficient (Wildman–Crippen LogP) is 2.81. The minimum atomic E-state index is -4.61. The van der Waals surface area contributed by atoms with Crippen LogP contribution < -0.4 is 10.1 Å². The van der Waals surface area contributed by atoms with Gasteiger partial charge in [0, 0.05) is 12.5 Å². The van der Waals surface area contributed by atoms with E-state index in [9.17, 15) is 13.2 Å². The van der Waals surface area contributed by atoms with E-state index >= 15 is 0 Å². The average Bonchev–Trinajstić information content (AvgIpc) is 3.03. The number of hydrogen-bond donors (Lipinski definition) is 1. The van der Waals surface area contributed by atoms with E-state index in [1.807, 2.05) is 24.3 Å². The molecule has 0 spiro atoms. The maximum atomic E-state index is 12.9. The summed E-state index contributed by atoms with van der Waals surface area (Å²) in [5.74, 6) is 0.283. The molecule has 3 aromatic rings. The van der Waals surface area contributed by atoms with Gasteiger partial charge < -0.3 is 10.1 Å². The fourth-order valence-electron chi connectivity index (χ4n) is 2.83. The lowest BCUT2D eigenvalue weighted by molar-refractivity contribution is -0.146. The minimum absolute atomic E-state index is 0.0489. The molecule has 4 rings (SSSR count). The lowest BCUT2D eigenvalue weighted by Gasteiger charge is -2.25. The van der Waals surface area contributed by atoms with E-state index in [0.717, 1.165) is 17.7 Å². The zero-order valence-corrected chi connectivity index (χ0v) is 13.0. The van der Waals surface area contributed by atoms with E-state index < -0.39 is 12.0 Å². The van der Waals surface area contributed by atoms with Gasteiger partial charge in [0.25, 0.3) is 5.82 Å². The van der Waals surface area contributed by atoms with Crippen LogP contribution in [0.25, 0.3) is 5.65 Å². The first kappa shape index (κ1) is 15.7. The fourth-order valence-corrected chi connectivity index (χ4v) is 2.83. The van der Waals surface area contributed by atoms with Gasteiger partial charge in [-0.1, -0.05) is 18.2 Å². The molecule has 0 amide bonds. The van der Waals surface area contributed by atoms with Crippen LogP contribution in [0.3, 0.4) is 0 Å². The Morgan fingerprint density at radius 3 is 2.84 bits per heavy atom. The van der Waals surface area contributed by atoms with Crippen LogP contribution in [0.2, 0.25) is 0 Å². The number of hydrogen-bond acceptors (Lipinski definition) is 5. The first-order valence-electron chi connectivity index (χ1n) is 7.75. The van der Waals surface area contributed by atoms with E-state index in [4.69, 9.17) is 4.74 Å². The Labute approximate surface area is 140 Å². The van der Waals surface area contributed by atoms with E-state index in [1.54, 1.807) is 6.07 Å². The highest BCUT2D eigenvalue weighted by molar-refractivity contribution is 5.44. The third kappa shape index (κ3) is 3.09. The number of ether oxygens (including phenoxy) is 1. The maximum Gasteiger partial charge on any atom is 0.453 e. The van der Waals surface area contributed by atoms with Crippen LogP contribution in [-0.4, -0.2) is 33.0 Å². The molecule has 1 aliphatic heterocycles. The van der Waals surface area contributed by atoms with Gasteiger partial charge in [0.05, 0.1) is 6.61 Å². The van der Waals surface area contributed by atoms with Crippen LogP contribution in [0.1, 0.15) is 11.4 Å². The van der Waals surface area contributed by atoms with Crippen molar-refractivity contribution in [2.75, 3.05) is 18.5 Å². The number of para-hydroxylation sites is 1. The highest BCUT2D eigenvalue weighted by atomic mass is 19.4. The predicted molar refractivity (Wildman–Crippen MR) is 83.4 cm³/mol. The van der Waals surface area contributed by atoms with Gasteiger partial charge >= 0.3 is 6.18 Å². The molecule has 0 unspecified atom stereocenters. The van der Waals surface area contributed by atoms with Gasteiger partial charge in [-0.2, -0.15) is 17.7 Å². The number of halogens is 3. The Balaban J connectivity index is 1.48. The normalized spacial score (nSPS) is 17.2. The van der Waals surface area contributed by atoms with Crippen molar-refractivity contribution < 1.29 is 17.9 Å². The molecule has 6 nitrogen and oxygen atoms in total. The van der Waals surface area contributed by atoms with Crippen LogP contribution in [0.5, 0.6) is 5.75 Å². The van der Waals surface area contributed by atoms with E-state index in [0.29, 0.717) is 23.5 Å². The number of aromatic nitrogens is 4. The highest BCUT2D eigenvalue weighted by Crippen LogP contribution is 2.28. The summed E-state index contributed by atoms with van der Waals surface area (Å²) in [5, 5.41) is 13.7. The number of nitrogens with one attached hydrogen (secondary N) is 1. The molecular weight excluding hydrogens is 335 g/mol. The van der Waals surface area contributed by atoms with Gasteiger partial charge in [0.2, 0.25) is 0 Å². The SMILES string of the molecule is FC(F)(F)c1nnc2ccc(NC[C@H]3COc4ccccc4C3)nn12. The van der Waals surface area contributed by atoms with Crippen molar-refractivity contribution in [1.82, 2.24) is 19.8 Å². The van der Waals surface area contributed by atoms with Gasteiger partial charge in [-0.25, -0.2) is 0 Å². The van der Waals surface area contributed by atoms with Crippen LogP contribution in [0.4, 0.5) is 19.0 Å². The van der Waals surface area contributed by atoms with Crippen LogP contribution in [0.15, 0.2) is 36.4 Å². The molecule has 9 heteroatoms. The summed E-state index contributed by atoms with van der Waals surface area (Å²) in [6, 6.07) is 10.9. The molecule has 130 valence electrons. The van der Waals surface area contributed by atoms with E-state index in [1.165, 1.54) is 6.07 Å². The Hall–Kier alpha value is -2.84. The zero-order valence-electron chi connectivity index (χ0n) is 13.0. The monoisotopic (exact) mass is 349 g/mol. The third-order valence-electron chi connectivity index (χ3n) is 4.04. The Morgan fingerprint density at radius 1 is 1.16 bits per heavy atom. The van der Waals surface area contributed by atoms with Crippen molar-refractivity contribution >= 4 is 11.5 Å². The number of anilines is 1. The van der Waals surface area contributed by atoms with Gasteiger partial charge in [-0.3, -0.25) is 0 Å². The number of benzene rings is 1. The quantitative estimate of drug-likeness (QED) is 0.788. The molecule has 3 heterocycles. The molecule has 0 bridgehead atoms. The van der Waals surface area contributed by atoms with Crippen molar-refractivity contribution in [2.45, 2.75) is 12.6 Å². The average molecular weight is 349 g/mol. The molecule has 0 radical (unpaired) electrons. The second kappa shape index (κ2) is 5.91. The summed E-state index contributed by atoms with van der Waals surface area (Å²) in [7, 11) is 0. The molecule has 1 atom stereocenters. The van der Waals surface area contributed by atoms with Crippen molar-refractivity contribution in [3.8, 4) is 5.75 Å². The maximum absolute atomic E-state index is 12.9. The Bertz CT molecular complexity index is 908. The van der Waals surface area contributed by atoms with Gasteiger partial charge in [-0.15, -0.1) is 15.3 Å². The zero-order chi connectivity index (χ0) is 17.4. The number of nitrogens with zero attached hydrogens (tertiary/aromatic N) is 4. The molecule has 1 aliphatic rings. The molecule has 0 aliphatic carbocycles. The summed E-state index contributed by atoms with van der Waals surface area (Å²) >= 11 is 0. The minimum Gasteiger partial charge on any atom is -0.493 e. The van der Waals surface area contributed by atoms with Crippen LogP contribution in [-0.2, 0) is 12.6 Å². The first-order chi connectivity index (χ1) is 12.0. The van der Waals surface area contributed by atoms with E-state index in [2.05, 4.69) is 20.6 Å². The largest absolute Gasteiger partial charge is 0.493 e. The topological polar surface area (TPSA) is 64.3 Å². The van der Waals surface area contributed by atoms with Crippen molar-refractivity contribution in [1.29, 1.82) is 0 Å². The van der Waals surface area contributed by atoms with Crippen molar-refractivity contribution in [2.24, 2.45) is 5.92 Å². The standard InChI is InChI=1S/C16H14F3N5O/c17-16(18,19)15-22-21-14-6-5-13(23-24(14)15)20-8-10-7-11-3-1-2-4-12(11)25-9-10/h1-6,10H,7-9H2,(H,20,23)/t10-/m0/s1. The molecule has 0 fully saturated rings. The molecule has 25 heavy (non-hydrogen) atoms. The summed E-state index contributed by atoms with van der Waals surface area (Å²) in [4.78, 5) is 0. The van der Waals surface area contributed by atoms with Crippen molar-refractivity contribution in [3.63, 3.8) is 0 Å².